The first kappa shape index (κ1) is 32.3. The fraction of sp³-hybridized carbons (Fsp3) is 0.190. The number of ether oxygens (including phenoxy) is 2. The molecule has 0 radical (unpaired) electrons. The lowest BCUT2D eigenvalue weighted by Gasteiger charge is -2.39. The summed E-state index contributed by atoms with van der Waals surface area (Å²) in [6.07, 6.45) is 5.20. The van der Waals surface area contributed by atoms with Crippen LogP contribution >= 0.6 is 15.8 Å². The fourth-order valence-electron chi connectivity index (χ4n) is 6.20. The summed E-state index contributed by atoms with van der Waals surface area (Å²) in [7, 11) is 1.75. The van der Waals surface area contributed by atoms with Gasteiger partial charge >= 0.3 is 0 Å². The van der Waals surface area contributed by atoms with Gasteiger partial charge in [0, 0.05) is 26.2 Å². The SMILES string of the molecule is COC1(OC)CC=CC(P(c2ccc(C)cc2)c2ccc(C)cc2)=C1c1ccccc1P(c1ccc(C)cc1)c1ccc(C)cc1. The molecular formula is C42H42O2P2. The molecule has 5 aromatic carbocycles. The van der Waals surface area contributed by atoms with Gasteiger partial charge in [0.25, 0.3) is 0 Å². The van der Waals surface area contributed by atoms with Crippen LogP contribution in [0.25, 0.3) is 5.57 Å². The molecule has 5 aromatic rings. The van der Waals surface area contributed by atoms with Crippen molar-refractivity contribution in [3.8, 4) is 0 Å². The van der Waals surface area contributed by atoms with Crippen molar-refractivity contribution in [2.24, 2.45) is 0 Å². The van der Waals surface area contributed by atoms with Gasteiger partial charge < -0.3 is 9.47 Å². The average molecular weight is 641 g/mol. The molecule has 0 heterocycles. The van der Waals surface area contributed by atoms with E-state index in [0.717, 1.165) is 5.57 Å². The van der Waals surface area contributed by atoms with Gasteiger partial charge in [-0.2, -0.15) is 0 Å². The van der Waals surface area contributed by atoms with Crippen molar-refractivity contribution in [2.45, 2.75) is 39.9 Å². The summed E-state index contributed by atoms with van der Waals surface area (Å²) in [6, 6.07) is 45.2. The molecule has 0 atom stereocenters. The molecule has 0 N–H and O–H groups in total. The van der Waals surface area contributed by atoms with Crippen molar-refractivity contribution < 1.29 is 9.47 Å². The molecule has 0 fully saturated rings. The Kier molecular flexibility index (Phi) is 9.84. The first-order chi connectivity index (χ1) is 22.3. The zero-order valence-corrected chi connectivity index (χ0v) is 29.4. The second kappa shape index (κ2) is 14.0. The molecule has 1 aliphatic carbocycles. The van der Waals surface area contributed by atoms with E-state index >= 15 is 0 Å². The van der Waals surface area contributed by atoms with Gasteiger partial charge in [-0.1, -0.05) is 156 Å². The highest BCUT2D eigenvalue weighted by Gasteiger charge is 2.42. The van der Waals surface area contributed by atoms with E-state index in [4.69, 9.17) is 9.47 Å². The van der Waals surface area contributed by atoms with E-state index in [1.54, 1.807) is 14.2 Å². The summed E-state index contributed by atoms with van der Waals surface area (Å²) in [6.45, 7) is 8.61. The predicted molar refractivity (Wildman–Crippen MR) is 201 cm³/mol. The van der Waals surface area contributed by atoms with E-state index < -0.39 is 21.6 Å². The molecule has 2 nitrogen and oxygen atoms in total. The van der Waals surface area contributed by atoms with Gasteiger partial charge in [-0.05, 0) is 80.9 Å². The van der Waals surface area contributed by atoms with E-state index in [9.17, 15) is 0 Å². The highest BCUT2D eigenvalue weighted by molar-refractivity contribution is 7.80. The van der Waals surface area contributed by atoms with Gasteiger partial charge in [-0.15, -0.1) is 0 Å². The van der Waals surface area contributed by atoms with Crippen molar-refractivity contribution in [2.75, 3.05) is 14.2 Å². The third-order valence-electron chi connectivity index (χ3n) is 8.78. The molecule has 0 unspecified atom stereocenters. The minimum absolute atomic E-state index is 0.630. The van der Waals surface area contributed by atoms with Crippen LogP contribution in [-0.2, 0) is 9.47 Å². The van der Waals surface area contributed by atoms with Crippen LogP contribution in [0.1, 0.15) is 34.2 Å². The number of benzene rings is 5. The Balaban J connectivity index is 1.68. The Morgan fingerprint density at radius 2 is 0.891 bits per heavy atom. The van der Waals surface area contributed by atoms with Gasteiger partial charge in [0.1, 0.15) is 0 Å². The molecule has 4 heteroatoms. The zero-order valence-electron chi connectivity index (χ0n) is 27.6. The van der Waals surface area contributed by atoms with Crippen molar-refractivity contribution in [1.82, 2.24) is 0 Å². The monoisotopic (exact) mass is 640 g/mol. The second-order valence-electron chi connectivity index (χ2n) is 12.1. The Morgan fingerprint density at radius 1 is 0.500 bits per heavy atom. The summed E-state index contributed by atoms with van der Waals surface area (Å²) in [5.41, 5.74) is 7.34. The standard InChI is InChI=1S/C42H42O2P2/c1-30-13-21-34(22-14-30)45(35-23-15-31(2)16-24-35)39-11-8-7-10-38(39)41-40(12-9-29-42(41,43-5)44-6)46(36-25-17-32(3)18-26-36)37-27-19-33(4)20-28-37/h7-28H,29H2,1-6H3. The molecule has 1 aliphatic rings. The van der Waals surface area contributed by atoms with Crippen molar-refractivity contribution in [3.63, 3.8) is 0 Å². The van der Waals surface area contributed by atoms with Gasteiger partial charge in [-0.25, -0.2) is 0 Å². The summed E-state index contributed by atoms with van der Waals surface area (Å²) in [5, 5.41) is 7.82. The van der Waals surface area contributed by atoms with Crippen LogP contribution in [0.15, 0.2) is 139 Å². The molecule has 0 aromatic heterocycles. The maximum absolute atomic E-state index is 6.45. The summed E-state index contributed by atoms with van der Waals surface area (Å²) in [4.78, 5) is 0. The molecule has 232 valence electrons. The molecule has 0 saturated carbocycles. The van der Waals surface area contributed by atoms with Crippen molar-refractivity contribution >= 4 is 47.9 Å². The lowest BCUT2D eigenvalue weighted by molar-refractivity contribution is -0.159. The first-order valence-electron chi connectivity index (χ1n) is 15.8. The number of methoxy groups -OCH3 is 2. The van der Waals surface area contributed by atoms with Gasteiger partial charge in [0.15, 0.2) is 5.79 Å². The van der Waals surface area contributed by atoms with Crippen molar-refractivity contribution in [3.05, 3.63) is 167 Å². The second-order valence-corrected chi connectivity index (χ2v) is 16.4. The number of hydrogen-bond acceptors (Lipinski definition) is 2. The lowest BCUT2D eigenvalue weighted by atomic mass is 9.90. The summed E-state index contributed by atoms with van der Waals surface area (Å²) in [5.74, 6) is -0.933. The maximum Gasteiger partial charge on any atom is 0.199 e. The third-order valence-corrected chi connectivity index (χ3v) is 13.8. The minimum atomic E-state index is -0.935. The Hall–Kier alpha value is -3.64. The van der Waals surface area contributed by atoms with Crippen LogP contribution < -0.4 is 26.5 Å². The van der Waals surface area contributed by atoms with Crippen LogP contribution in [0.4, 0.5) is 0 Å². The van der Waals surface area contributed by atoms with E-state index in [-0.39, 0.29) is 0 Å². The predicted octanol–water partition coefficient (Wildman–Crippen LogP) is 8.47. The topological polar surface area (TPSA) is 18.5 Å². The molecule has 0 spiro atoms. The fourth-order valence-corrected chi connectivity index (χ4v) is 11.1. The molecule has 0 aliphatic heterocycles. The van der Waals surface area contributed by atoms with Crippen LogP contribution in [0.3, 0.4) is 0 Å². The number of allylic oxidation sites excluding steroid dienone is 2. The van der Waals surface area contributed by atoms with E-state index in [0.29, 0.717) is 6.42 Å². The number of rotatable bonds is 9. The maximum atomic E-state index is 6.45. The zero-order chi connectivity index (χ0) is 32.3. The smallest absolute Gasteiger partial charge is 0.199 e. The van der Waals surface area contributed by atoms with Crippen LogP contribution in [0, 0.1) is 27.7 Å². The van der Waals surface area contributed by atoms with E-state index in [1.165, 1.54) is 59.7 Å². The normalized spacial score (nSPS) is 14.3. The number of hydrogen-bond donors (Lipinski definition) is 0. The van der Waals surface area contributed by atoms with Gasteiger partial charge in [0.05, 0.1) is 0 Å². The lowest BCUT2D eigenvalue weighted by Crippen LogP contribution is -2.39. The molecule has 0 bridgehead atoms. The Labute approximate surface area is 277 Å². The molecule has 0 amide bonds. The van der Waals surface area contributed by atoms with Crippen LogP contribution in [0.2, 0.25) is 0 Å². The molecule has 6 rings (SSSR count). The summed E-state index contributed by atoms with van der Waals surface area (Å²) >= 11 is 0. The summed E-state index contributed by atoms with van der Waals surface area (Å²) < 4.78 is 12.9. The third kappa shape index (κ3) is 6.46. The van der Waals surface area contributed by atoms with E-state index in [2.05, 4.69) is 161 Å². The quantitative estimate of drug-likeness (QED) is 0.119. The van der Waals surface area contributed by atoms with Crippen LogP contribution in [0.5, 0.6) is 0 Å². The van der Waals surface area contributed by atoms with Crippen LogP contribution in [-0.4, -0.2) is 20.0 Å². The Morgan fingerprint density at radius 3 is 1.30 bits per heavy atom. The first-order valence-corrected chi connectivity index (χ1v) is 18.5. The number of aryl methyl sites for hydroxylation is 4. The Bertz CT molecular complexity index is 1760. The highest BCUT2D eigenvalue weighted by atomic mass is 31.1. The van der Waals surface area contributed by atoms with Gasteiger partial charge in [-0.3, -0.25) is 0 Å². The van der Waals surface area contributed by atoms with Crippen molar-refractivity contribution in [1.29, 1.82) is 0 Å². The van der Waals surface area contributed by atoms with Gasteiger partial charge in [0.2, 0.25) is 0 Å². The average Bonchev–Trinajstić information content (AvgIpc) is 3.08. The molecular weight excluding hydrogens is 598 g/mol. The molecule has 0 saturated heterocycles. The highest BCUT2D eigenvalue weighted by Crippen LogP contribution is 2.54. The van der Waals surface area contributed by atoms with E-state index in [1.807, 2.05) is 0 Å². The molecule has 46 heavy (non-hydrogen) atoms. The minimum Gasteiger partial charge on any atom is -0.349 e. The largest absolute Gasteiger partial charge is 0.349 e.